The summed E-state index contributed by atoms with van der Waals surface area (Å²) in [5.41, 5.74) is 2.31. The summed E-state index contributed by atoms with van der Waals surface area (Å²) in [6.07, 6.45) is 2.62. The minimum atomic E-state index is 0.0121. The number of amides is 1. The smallest absolute Gasteiger partial charge is 0.220 e. The molecule has 0 saturated carbocycles. The van der Waals surface area contributed by atoms with Crippen molar-refractivity contribution in [2.24, 2.45) is 0 Å². The molecule has 0 bridgehead atoms. The van der Waals surface area contributed by atoms with E-state index in [1.54, 1.807) is 0 Å². The van der Waals surface area contributed by atoms with Gasteiger partial charge in [0.05, 0.1) is 6.54 Å². The van der Waals surface area contributed by atoms with Gasteiger partial charge >= 0.3 is 0 Å². The van der Waals surface area contributed by atoms with Crippen LogP contribution in [-0.2, 0) is 17.8 Å². The molecule has 1 aromatic heterocycles. The number of anilines is 1. The number of nitrogens with zero attached hydrogens (tertiary/aromatic N) is 3. The molecule has 0 saturated heterocycles. The Morgan fingerprint density at radius 2 is 2.05 bits per heavy atom. The van der Waals surface area contributed by atoms with E-state index in [9.17, 15) is 4.79 Å². The molecule has 1 heterocycles. The molecule has 0 aliphatic carbocycles. The minimum Gasteiger partial charge on any atom is -0.378 e. The van der Waals surface area contributed by atoms with Crippen LogP contribution in [0.15, 0.2) is 30.6 Å². The lowest BCUT2D eigenvalue weighted by Gasteiger charge is -2.12. The van der Waals surface area contributed by atoms with Crippen LogP contribution in [0.2, 0.25) is 0 Å². The maximum atomic E-state index is 11.7. The summed E-state index contributed by atoms with van der Waals surface area (Å²) in [5, 5.41) is 9.23. The number of aryl methyl sites for hydroxylation is 1. The molecule has 0 aliphatic heterocycles. The van der Waals surface area contributed by atoms with Gasteiger partial charge in [0.2, 0.25) is 5.91 Å². The third-order valence-corrected chi connectivity index (χ3v) is 3.01. The van der Waals surface area contributed by atoms with Crippen molar-refractivity contribution in [1.82, 2.24) is 20.5 Å². The summed E-state index contributed by atoms with van der Waals surface area (Å²) < 4.78 is 0. The van der Waals surface area contributed by atoms with Crippen LogP contribution in [0.3, 0.4) is 0 Å². The second kappa shape index (κ2) is 6.70. The number of benzene rings is 1. The van der Waals surface area contributed by atoms with Gasteiger partial charge in [0.1, 0.15) is 12.2 Å². The molecule has 20 heavy (non-hydrogen) atoms. The fourth-order valence-electron chi connectivity index (χ4n) is 1.81. The van der Waals surface area contributed by atoms with E-state index in [4.69, 9.17) is 0 Å². The molecule has 2 aromatic rings. The number of aromatic nitrogens is 3. The Hall–Kier alpha value is -2.37. The van der Waals surface area contributed by atoms with Crippen LogP contribution in [0.1, 0.15) is 17.8 Å². The molecule has 0 spiro atoms. The van der Waals surface area contributed by atoms with Gasteiger partial charge in [0.15, 0.2) is 0 Å². The normalized spacial score (nSPS) is 10.3. The van der Waals surface area contributed by atoms with Gasteiger partial charge in [0.25, 0.3) is 0 Å². The first-order chi connectivity index (χ1) is 9.65. The van der Waals surface area contributed by atoms with E-state index in [1.807, 2.05) is 19.0 Å². The number of carbonyl (C=O) groups is 1. The van der Waals surface area contributed by atoms with Gasteiger partial charge in [-0.1, -0.05) is 12.1 Å². The van der Waals surface area contributed by atoms with Crippen LogP contribution in [0.25, 0.3) is 0 Å². The highest BCUT2D eigenvalue weighted by atomic mass is 16.1. The van der Waals surface area contributed by atoms with Crippen LogP contribution in [0, 0.1) is 0 Å². The molecule has 0 fully saturated rings. The Morgan fingerprint density at radius 1 is 1.30 bits per heavy atom. The summed E-state index contributed by atoms with van der Waals surface area (Å²) in [7, 11) is 4.01. The summed E-state index contributed by atoms with van der Waals surface area (Å²) in [5.74, 6) is 0.673. The minimum absolute atomic E-state index is 0.0121. The Morgan fingerprint density at radius 3 is 2.65 bits per heavy atom. The van der Waals surface area contributed by atoms with E-state index in [0.717, 1.165) is 17.7 Å². The van der Waals surface area contributed by atoms with Crippen LogP contribution in [0.5, 0.6) is 0 Å². The number of hydrogen-bond acceptors (Lipinski definition) is 4. The van der Waals surface area contributed by atoms with Gasteiger partial charge < -0.3 is 10.2 Å². The lowest BCUT2D eigenvalue weighted by Crippen LogP contribution is -2.23. The third kappa shape index (κ3) is 4.08. The van der Waals surface area contributed by atoms with Crippen LogP contribution in [0.4, 0.5) is 5.69 Å². The molecular formula is C14H19N5O. The largest absolute Gasteiger partial charge is 0.378 e. The predicted octanol–water partition coefficient (Wildman–Crippen LogP) is 1.12. The zero-order chi connectivity index (χ0) is 14.4. The van der Waals surface area contributed by atoms with Crippen molar-refractivity contribution in [3.63, 3.8) is 0 Å². The van der Waals surface area contributed by atoms with Crippen molar-refractivity contribution in [2.75, 3.05) is 19.0 Å². The molecule has 2 rings (SSSR count). The number of hydrogen-bond donors (Lipinski definition) is 2. The molecule has 1 amide bonds. The summed E-state index contributed by atoms with van der Waals surface area (Å²) in [6, 6.07) is 8.22. The third-order valence-electron chi connectivity index (χ3n) is 3.01. The summed E-state index contributed by atoms with van der Waals surface area (Å²) >= 11 is 0. The molecule has 0 radical (unpaired) electrons. The van der Waals surface area contributed by atoms with Crippen molar-refractivity contribution in [2.45, 2.75) is 19.4 Å². The van der Waals surface area contributed by atoms with Gasteiger partial charge in [-0.15, -0.1) is 0 Å². The fourth-order valence-corrected chi connectivity index (χ4v) is 1.81. The van der Waals surface area contributed by atoms with Crippen molar-refractivity contribution in [3.05, 3.63) is 42.0 Å². The van der Waals surface area contributed by atoms with E-state index < -0.39 is 0 Å². The highest BCUT2D eigenvalue weighted by Crippen LogP contribution is 2.13. The standard InChI is InChI=1S/C14H19N5O/c1-19(2)12-6-3-11(4-7-12)5-8-14(20)15-9-13-16-10-17-18-13/h3-4,6-7,10H,5,8-9H2,1-2H3,(H,15,20)(H,16,17,18). The van der Waals surface area contributed by atoms with Crippen LogP contribution in [-0.4, -0.2) is 35.2 Å². The van der Waals surface area contributed by atoms with Gasteiger partial charge in [-0.25, -0.2) is 4.98 Å². The second-order valence-corrected chi connectivity index (χ2v) is 4.77. The van der Waals surface area contributed by atoms with E-state index in [1.165, 1.54) is 6.33 Å². The Labute approximate surface area is 118 Å². The van der Waals surface area contributed by atoms with Crippen molar-refractivity contribution in [3.8, 4) is 0 Å². The van der Waals surface area contributed by atoms with Crippen LogP contribution >= 0.6 is 0 Å². The zero-order valence-corrected chi connectivity index (χ0v) is 11.8. The first-order valence-corrected chi connectivity index (χ1v) is 6.52. The molecule has 0 atom stereocenters. The topological polar surface area (TPSA) is 73.9 Å². The van der Waals surface area contributed by atoms with Gasteiger partial charge in [-0.05, 0) is 24.1 Å². The monoisotopic (exact) mass is 273 g/mol. The molecule has 2 N–H and O–H groups in total. The van der Waals surface area contributed by atoms with E-state index in [2.05, 4.69) is 44.8 Å². The SMILES string of the molecule is CN(C)c1ccc(CCC(=O)NCc2ncn[nH]2)cc1. The summed E-state index contributed by atoms with van der Waals surface area (Å²) in [4.78, 5) is 17.7. The number of rotatable bonds is 6. The summed E-state index contributed by atoms with van der Waals surface area (Å²) in [6.45, 7) is 0.387. The van der Waals surface area contributed by atoms with E-state index in [-0.39, 0.29) is 5.91 Å². The Balaban J connectivity index is 1.75. The fraction of sp³-hybridized carbons (Fsp3) is 0.357. The quantitative estimate of drug-likeness (QED) is 0.827. The molecule has 106 valence electrons. The first-order valence-electron chi connectivity index (χ1n) is 6.52. The average molecular weight is 273 g/mol. The Bertz CT molecular complexity index is 533. The first kappa shape index (κ1) is 14.0. The molecule has 6 heteroatoms. The van der Waals surface area contributed by atoms with Crippen molar-refractivity contribution < 1.29 is 4.79 Å². The predicted molar refractivity (Wildman–Crippen MR) is 77.3 cm³/mol. The molecular weight excluding hydrogens is 254 g/mol. The number of aromatic amines is 1. The lowest BCUT2D eigenvalue weighted by atomic mass is 10.1. The van der Waals surface area contributed by atoms with Gasteiger partial charge in [-0.3, -0.25) is 9.89 Å². The van der Waals surface area contributed by atoms with E-state index in [0.29, 0.717) is 18.8 Å². The van der Waals surface area contributed by atoms with Gasteiger partial charge in [-0.2, -0.15) is 5.10 Å². The molecule has 1 aromatic carbocycles. The maximum absolute atomic E-state index is 11.7. The number of H-pyrrole nitrogens is 1. The highest BCUT2D eigenvalue weighted by molar-refractivity contribution is 5.76. The van der Waals surface area contributed by atoms with Crippen LogP contribution < -0.4 is 10.2 Å². The number of nitrogens with one attached hydrogen (secondary N) is 2. The maximum Gasteiger partial charge on any atom is 0.220 e. The highest BCUT2D eigenvalue weighted by Gasteiger charge is 2.04. The number of carbonyl (C=O) groups excluding carboxylic acids is 1. The molecule has 0 unspecified atom stereocenters. The lowest BCUT2D eigenvalue weighted by molar-refractivity contribution is -0.121. The average Bonchev–Trinajstić information content (AvgIpc) is 2.96. The van der Waals surface area contributed by atoms with Gasteiger partial charge in [0, 0.05) is 26.2 Å². The Kier molecular flexibility index (Phi) is 4.70. The van der Waals surface area contributed by atoms with E-state index >= 15 is 0 Å². The van der Waals surface area contributed by atoms with Crippen molar-refractivity contribution >= 4 is 11.6 Å². The van der Waals surface area contributed by atoms with Crippen molar-refractivity contribution in [1.29, 1.82) is 0 Å². The molecule has 0 aliphatic rings. The molecule has 6 nitrogen and oxygen atoms in total. The second-order valence-electron chi connectivity index (χ2n) is 4.77. The zero-order valence-electron chi connectivity index (χ0n) is 11.8.